The second-order valence-corrected chi connectivity index (χ2v) is 14.3. The minimum atomic E-state index is -0.906. The van der Waals surface area contributed by atoms with Gasteiger partial charge < -0.3 is 5.32 Å². The van der Waals surface area contributed by atoms with E-state index in [0.29, 0.717) is 0 Å². The van der Waals surface area contributed by atoms with Crippen molar-refractivity contribution in [2.75, 3.05) is 17.8 Å². The Bertz CT molecular complexity index is 1170. The van der Waals surface area contributed by atoms with Crippen LogP contribution >= 0.6 is 10.0 Å². The number of benzene rings is 3. The summed E-state index contributed by atoms with van der Waals surface area (Å²) in [5.41, 5.74) is 6.82. The van der Waals surface area contributed by atoms with Gasteiger partial charge in [0.25, 0.3) is 0 Å². The highest BCUT2D eigenvalue weighted by molar-refractivity contribution is 8.33. The summed E-state index contributed by atoms with van der Waals surface area (Å²) in [4.78, 5) is 3.03. The molecule has 5 aliphatic rings. The predicted octanol–water partition coefficient (Wildman–Crippen LogP) is 8.04. The normalized spacial score (nSPS) is 32.0. The van der Waals surface area contributed by atoms with Gasteiger partial charge in [-0.2, -0.15) is 10.0 Å². The molecule has 4 fully saturated rings. The van der Waals surface area contributed by atoms with E-state index < -0.39 is 10.0 Å². The molecule has 2 heteroatoms. The van der Waals surface area contributed by atoms with Crippen molar-refractivity contribution in [2.45, 2.75) is 41.4 Å². The minimum Gasteiger partial charge on any atom is -0.356 e. The lowest BCUT2D eigenvalue weighted by Crippen LogP contribution is -2.21. The first kappa shape index (κ1) is 18.4. The third-order valence-corrected chi connectivity index (χ3v) is 11.8. The van der Waals surface area contributed by atoms with E-state index in [-0.39, 0.29) is 0 Å². The standard InChI is InChI=1S/C29H31NS/c1-31(2)27-6-4-3-5-24(27)26-17-23(11-12-28(26)31)30-22-9-7-19(8-10-22)29-21-14-18-13-20(16-21)25(29)15-18/h3-12,17-18,20-21,25,29-30H,13-16H2,1-2H3. The van der Waals surface area contributed by atoms with E-state index in [1.54, 1.807) is 5.56 Å². The van der Waals surface area contributed by atoms with Crippen LogP contribution in [0.3, 0.4) is 0 Å². The SMILES string of the molecule is CS1(C)c2ccccc2-c2cc(Nc3ccc(C4C5CC6CC(C5)C4C6)cc3)ccc21. The van der Waals surface area contributed by atoms with Gasteiger partial charge in [0.2, 0.25) is 0 Å². The van der Waals surface area contributed by atoms with Crippen LogP contribution in [0, 0.1) is 23.7 Å². The summed E-state index contributed by atoms with van der Waals surface area (Å²) in [5.74, 6) is 4.86. The fourth-order valence-electron chi connectivity index (χ4n) is 7.73. The highest BCUT2D eigenvalue weighted by Gasteiger charge is 2.53. The molecule has 5 atom stereocenters. The molecule has 0 radical (unpaired) electrons. The summed E-state index contributed by atoms with van der Waals surface area (Å²) >= 11 is 0. The molecule has 0 spiro atoms. The third kappa shape index (κ3) is 2.64. The molecule has 4 aliphatic carbocycles. The van der Waals surface area contributed by atoms with Crippen LogP contribution in [0.2, 0.25) is 0 Å². The van der Waals surface area contributed by atoms with Gasteiger partial charge >= 0.3 is 0 Å². The van der Waals surface area contributed by atoms with Gasteiger partial charge in [-0.3, -0.25) is 0 Å². The van der Waals surface area contributed by atoms with E-state index in [1.165, 1.54) is 58.0 Å². The Labute approximate surface area is 187 Å². The number of hydrogen-bond acceptors (Lipinski definition) is 1. The molecule has 3 aromatic rings. The fraction of sp³-hybridized carbons (Fsp3) is 0.379. The highest BCUT2D eigenvalue weighted by atomic mass is 32.3. The monoisotopic (exact) mass is 425 g/mol. The zero-order chi connectivity index (χ0) is 20.7. The van der Waals surface area contributed by atoms with E-state index in [4.69, 9.17) is 0 Å². The third-order valence-electron chi connectivity index (χ3n) is 8.90. The maximum absolute atomic E-state index is 3.69. The second kappa shape index (κ2) is 6.42. The van der Waals surface area contributed by atoms with E-state index in [9.17, 15) is 0 Å². The molecule has 8 rings (SSSR count). The van der Waals surface area contributed by atoms with E-state index in [2.05, 4.69) is 84.6 Å². The molecule has 0 saturated heterocycles. The maximum Gasteiger partial charge on any atom is 0.0391 e. The van der Waals surface area contributed by atoms with Crippen molar-refractivity contribution in [3.8, 4) is 11.1 Å². The van der Waals surface area contributed by atoms with Crippen LogP contribution < -0.4 is 5.32 Å². The van der Waals surface area contributed by atoms with Crippen molar-refractivity contribution in [1.82, 2.24) is 0 Å². The van der Waals surface area contributed by atoms with Gasteiger partial charge in [-0.1, -0.05) is 30.3 Å². The zero-order valence-electron chi connectivity index (χ0n) is 18.5. The number of anilines is 2. The Balaban J connectivity index is 1.16. The first-order valence-corrected chi connectivity index (χ1v) is 14.4. The summed E-state index contributed by atoms with van der Waals surface area (Å²) in [5, 5.41) is 3.69. The lowest BCUT2D eigenvalue weighted by molar-refractivity contribution is 0.249. The minimum absolute atomic E-state index is 0.833. The highest BCUT2D eigenvalue weighted by Crippen LogP contribution is 2.67. The van der Waals surface area contributed by atoms with Crippen molar-refractivity contribution >= 4 is 21.4 Å². The number of rotatable bonds is 3. The van der Waals surface area contributed by atoms with Crippen LogP contribution in [0.15, 0.2) is 76.5 Å². The maximum atomic E-state index is 3.69. The Hall–Kier alpha value is -2.19. The molecule has 1 heterocycles. The average Bonchev–Trinajstić information content (AvgIpc) is 3.29. The summed E-state index contributed by atoms with van der Waals surface area (Å²) in [6, 6.07) is 25.4. The lowest BCUT2D eigenvalue weighted by Gasteiger charge is -2.32. The molecule has 1 aliphatic heterocycles. The van der Waals surface area contributed by atoms with Crippen molar-refractivity contribution in [1.29, 1.82) is 0 Å². The van der Waals surface area contributed by atoms with Crippen LogP contribution in [0.5, 0.6) is 0 Å². The second-order valence-electron chi connectivity index (χ2n) is 10.8. The average molecular weight is 426 g/mol. The Morgan fingerprint density at radius 3 is 2.29 bits per heavy atom. The summed E-state index contributed by atoms with van der Waals surface area (Å²) in [6.07, 6.45) is 10.9. The Morgan fingerprint density at radius 2 is 1.45 bits per heavy atom. The van der Waals surface area contributed by atoms with Gasteiger partial charge in [0, 0.05) is 21.2 Å². The quantitative estimate of drug-likeness (QED) is 0.448. The fourth-order valence-corrected chi connectivity index (χ4v) is 10.2. The lowest BCUT2D eigenvalue weighted by atomic mass is 9.73. The largest absolute Gasteiger partial charge is 0.356 e. The first-order chi connectivity index (χ1) is 15.1. The van der Waals surface area contributed by atoms with Gasteiger partial charge in [0.1, 0.15) is 0 Å². The Morgan fingerprint density at radius 1 is 0.710 bits per heavy atom. The summed E-state index contributed by atoms with van der Waals surface area (Å²) in [6.45, 7) is 0. The van der Waals surface area contributed by atoms with Crippen molar-refractivity contribution < 1.29 is 0 Å². The molecule has 3 aromatic carbocycles. The van der Waals surface area contributed by atoms with Crippen LogP contribution in [0.4, 0.5) is 11.4 Å². The molecule has 4 saturated carbocycles. The van der Waals surface area contributed by atoms with Gasteiger partial charge in [-0.15, -0.1) is 0 Å². The molecule has 5 unspecified atom stereocenters. The first-order valence-electron chi connectivity index (χ1n) is 11.9. The molecular formula is C29H31NS. The molecule has 1 nitrogen and oxygen atoms in total. The molecule has 0 amide bonds. The topological polar surface area (TPSA) is 12.0 Å². The van der Waals surface area contributed by atoms with Gasteiger partial charge in [0.15, 0.2) is 0 Å². The molecular weight excluding hydrogens is 394 g/mol. The van der Waals surface area contributed by atoms with Crippen molar-refractivity contribution in [2.24, 2.45) is 23.7 Å². The van der Waals surface area contributed by atoms with Crippen LogP contribution in [0.25, 0.3) is 11.1 Å². The van der Waals surface area contributed by atoms with E-state index in [0.717, 1.165) is 29.6 Å². The predicted molar refractivity (Wildman–Crippen MR) is 133 cm³/mol. The number of hydrogen-bond donors (Lipinski definition) is 1. The van der Waals surface area contributed by atoms with Crippen molar-refractivity contribution in [3.63, 3.8) is 0 Å². The van der Waals surface area contributed by atoms with Crippen LogP contribution in [-0.2, 0) is 0 Å². The zero-order valence-corrected chi connectivity index (χ0v) is 19.3. The molecule has 4 bridgehead atoms. The van der Waals surface area contributed by atoms with Crippen LogP contribution in [-0.4, -0.2) is 12.5 Å². The summed E-state index contributed by atoms with van der Waals surface area (Å²) in [7, 11) is -0.906. The number of fused-ring (bicyclic) bond motifs is 3. The molecule has 1 N–H and O–H groups in total. The van der Waals surface area contributed by atoms with Gasteiger partial charge in [-0.05, 0) is 121 Å². The number of nitrogens with one attached hydrogen (secondary N) is 1. The van der Waals surface area contributed by atoms with Gasteiger partial charge in [-0.25, -0.2) is 0 Å². The van der Waals surface area contributed by atoms with Crippen molar-refractivity contribution in [3.05, 3.63) is 72.3 Å². The smallest absolute Gasteiger partial charge is 0.0391 e. The molecule has 0 aromatic heterocycles. The molecule has 158 valence electrons. The van der Waals surface area contributed by atoms with Gasteiger partial charge in [0.05, 0.1) is 0 Å². The summed E-state index contributed by atoms with van der Waals surface area (Å²) < 4.78 is 0. The van der Waals surface area contributed by atoms with E-state index >= 15 is 0 Å². The molecule has 31 heavy (non-hydrogen) atoms. The Kier molecular flexibility index (Phi) is 3.81. The van der Waals surface area contributed by atoms with Crippen LogP contribution in [0.1, 0.15) is 37.2 Å². The van der Waals surface area contributed by atoms with E-state index in [1.807, 2.05) is 0 Å².